The van der Waals surface area contributed by atoms with Crippen LogP contribution in [0.4, 0.5) is 22.4 Å². The van der Waals surface area contributed by atoms with Crippen LogP contribution in [-0.4, -0.2) is 55.3 Å². The van der Waals surface area contributed by atoms with E-state index in [4.69, 9.17) is 0 Å². The van der Waals surface area contributed by atoms with Crippen LogP contribution < -0.4 is 4.72 Å². The van der Waals surface area contributed by atoms with Crippen LogP contribution in [0.25, 0.3) is 11.1 Å². The molecule has 30 heavy (non-hydrogen) atoms. The third-order valence-electron chi connectivity index (χ3n) is 4.85. The van der Waals surface area contributed by atoms with E-state index in [-0.39, 0.29) is 16.7 Å². The zero-order chi connectivity index (χ0) is 22.3. The van der Waals surface area contributed by atoms with E-state index in [0.29, 0.717) is 11.2 Å². The van der Waals surface area contributed by atoms with Gasteiger partial charge in [0.2, 0.25) is 10.0 Å². The molecule has 162 valence electrons. The van der Waals surface area contributed by atoms with Crippen LogP contribution in [0.2, 0.25) is 0 Å². The summed E-state index contributed by atoms with van der Waals surface area (Å²) < 4.78 is 82.4. The van der Waals surface area contributed by atoms with Crippen molar-refractivity contribution in [3.63, 3.8) is 0 Å². The summed E-state index contributed by atoms with van der Waals surface area (Å²) in [4.78, 5) is 11.9. The lowest BCUT2D eigenvalue weighted by atomic mass is 9.95. The number of carbonyl (C=O) groups is 1. The van der Waals surface area contributed by atoms with E-state index in [1.165, 1.54) is 36.4 Å². The molecule has 1 fully saturated rings. The molecule has 0 aromatic heterocycles. The van der Waals surface area contributed by atoms with Crippen molar-refractivity contribution in [2.45, 2.75) is 24.4 Å². The SMILES string of the molecule is CS(=O)(=O)N[C@@H]1[C@H](Cc2cccc(-c3cccc(F)c3)c2F)N(C(=O)O)CC1(F)F. The summed E-state index contributed by atoms with van der Waals surface area (Å²) in [5, 5.41) is 9.32. The molecule has 0 saturated carbocycles. The molecule has 0 bridgehead atoms. The summed E-state index contributed by atoms with van der Waals surface area (Å²) in [6, 6.07) is 5.59. The molecule has 1 aliphatic rings. The third kappa shape index (κ3) is 4.57. The number of likely N-dealkylation sites (tertiary alicyclic amines) is 1. The van der Waals surface area contributed by atoms with Gasteiger partial charge in [0.25, 0.3) is 5.92 Å². The van der Waals surface area contributed by atoms with Crippen molar-refractivity contribution in [1.29, 1.82) is 0 Å². The smallest absolute Gasteiger partial charge is 0.407 e. The van der Waals surface area contributed by atoms with Gasteiger partial charge in [0.1, 0.15) is 17.7 Å². The van der Waals surface area contributed by atoms with Crippen molar-refractivity contribution in [2.75, 3.05) is 12.8 Å². The predicted molar refractivity (Wildman–Crippen MR) is 101 cm³/mol. The average Bonchev–Trinajstić information content (AvgIpc) is 2.86. The number of alkyl halides is 2. The van der Waals surface area contributed by atoms with Crippen LogP contribution >= 0.6 is 0 Å². The number of benzene rings is 2. The zero-order valence-electron chi connectivity index (χ0n) is 15.6. The lowest BCUT2D eigenvalue weighted by Crippen LogP contribution is -2.52. The number of hydrogen-bond donors (Lipinski definition) is 2. The molecule has 0 radical (unpaired) electrons. The molecule has 0 aliphatic carbocycles. The molecule has 2 atom stereocenters. The predicted octanol–water partition coefficient (Wildman–Crippen LogP) is 3.09. The summed E-state index contributed by atoms with van der Waals surface area (Å²) in [5.74, 6) is -5.12. The minimum Gasteiger partial charge on any atom is -0.465 e. The second kappa shape index (κ2) is 7.88. The fourth-order valence-electron chi connectivity index (χ4n) is 3.58. The number of rotatable bonds is 5. The Morgan fingerprint density at radius 1 is 1.23 bits per heavy atom. The van der Waals surface area contributed by atoms with E-state index >= 15 is 4.39 Å². The molecule has 11 heteroatoms. The van der Waals surface area contributed by atoms with E-state index in [1.807, 2.05) is 0 Å². The topological polar surface area (TPSA) is 86.7 Å². The first-order valence-corrected chi connectivity index (χ1v) is 10.7. The molecule has 6 nitrogen and oxygen atoms in total. The molecule has 3 rings (SSSR count). The van der Waals surface area contributed by atoms with Crippen LogP contribution in [0, 0.1) is 11.6 Å². The monoisotopic (exact) mass is 446 g/mol. The van der Waals surface area contributed by atoms with Crippen molar-refractivity contribution < 1.29 is 35.9 Å². The number of carboxylic acid groups (broad SMARTS) is 1. The zero-order valence-corrected chi connectivity index (χ0v) is 16.5. The molecule has 2 aromatic carbocycles. The molecule has 1 saturated heterocycles. The van der Waals surface area contributed by atoms with Crippen molar-refractivity contribution in [3.05, 3.63) is 59.7 Å². The van der Waals surface area contributed by atoms with E-state index in [9.17, 15) is 31.5 Å². The first kappa shape index (κ1) is 22.0. The van der Waals surface area contributed by atoms with E-state index in [0.717, 1.165) is 6.07 Å². The number of nitrogens with zero attached hydrogens (tertiary/aromatic N) is 1. The summed E-state index contributed by atoms with van der Waals surface area (Å²) in [6.45, 7) is -1.23. The Balaban J connectivity index is 2.01. The van der Waals surface area contributed by atoms with Crippen LogP contribution in [-0.2, 0) is 16.4 Å². The van der Waals surface area contributed by atoms with Crippen molar-refractivity contribution in [1.82, 2.24) is 9.62 Å². The van der Waals surface area contributed by atoms with Crippen molar-refractivity contribution in [3.8, 4) is 11.1 Å². The summed E-state index contributed by atoms with van der Waals surface area (Å²) in [6.07, 6.45) is -1.52. The van der Waals surface area contributed by atoms with Gasteiger partial charge in [0.15, 0.2) is 0 Å². The van der Waals surface area contributed by atoms with Crippen LogP contribution in [0.15, 0.2) is 42.5 Å². The van der Waals surface area contributed by atoms with Crippen molar-refractivity contribution in [2.24, 2.45) is 0 Å². The van der Waals surface area contributed by atoms with Gasteiger partial charge in [-0.05, 0) is 29.7 Å². The highest BCUT2D eigenvalue weighted by atomic mass is 32.2. The quantitative estimate of drug-likeness (QED) is 0.692. The molecule has 1 amide bonds. The van der Waals surface area contributed by atoms with Gasteiger partial charge in [-0.3, -0.25) is 4.90 Å². The number of nitrogens with one attached hydrogen (secondary N) is 1. The number of halogens is 4. The lowest BCUT2D eigenvalue weighted by Gasteiger charge is -2.26. The molecule has 0 unspecified atom stereocenters. The summed E-state index contributed by atoms with van der Waals surface area (Å²) in [7, 11) is -4.10. The Morgan fingerprint density at radius 2 is 1.90 bits per heavy atom. The normalized spacial score (nSPS) is 21.0. The maximum Gasteiger partial charge on any atom is 0.407 e. The van der Waals surface area contributed by atoms with Crippen LogP contribution in [0.1, 0.15) is 5.56 Å². The Morgan fingerprint density at radius 3 is 2.50 bits per heavy atom. The highest BCUT2D eigenvalue weighted by molar-refractivity contribution is 7.88. The number of amides is 1. The van der Waals surface area contributed by atoms with E-state index in [2.05, 4.69) is 0 Å². The Kier molecular flexibility index (Phi) is 5.79. The van der Waals surface area contributed by atoms with E-state index in [1.54, 1.807) is 4.72 Å². The lowest BCUT2D eigenvalue weighted by molar-refractivity contribution is -0.00560. The maximum absolute atomic E-state index is 15.1. The molecule has 1 aliphatic heterocycles. The fourth-order valence-corrected chi connectivity index (χ4v) is 4.37. The average molecular weight is 446 g/mol. The molecular weight excluding hydrogens is 428 g/mol. The second-order valence-corrected chi connectivity index (χ2v) is 8.88. The molecular formula is C19H18F4N2O4S. The van der Waals surface area contributed by atoms with Gasteiger partial charge in [-0.25, -0.2) is 35.5 Å². The largest absolute Gasteiger partial charge is 0.465 e. The minimum atomic E-state index is -4.10. The Hall–Kier alpha value is -2.66. The van der Waals surface area contributed by atoms with Crippen LogP contribution in [0.5, 0.6) is 0 Å². The van der Waals surface area contributed by atoms with Crippen molar-refractivity contribution >= 4 is 16.1 Å². The summed E-state index contributed by atoms with van der Waals surface area (Å²) in [5.41, 5.74) is 0.115. The summed E-state index contributed by atoms with van der Waals surface area (Å²) >= 11 is 0. The second-order valence-electron chi connectivity index (χ2n) is 7.10. The van der Waals surface area contributed by atoms with Gasteiger partial charge in [-0.15, -0.1) is 0 Å². The van der Waals surface area contributed by atoms with Gasteiger partial charge in [-0.2, -0.15) is 0 Å². The highest BCUT2D eigenvalue weighted by Crippen LogP contribution is 2.36. The standard InChI is InChI=1S/C19H18F4N2O4S/c1-30(28,29)24-17-15(25(18(26)27)10-19(17,22)23)9-12-5-3-7-14(16(12)21)11-4-2-6-13(20)8-11/h2-8,15,17,24H,9-10H2,1H3,(H,26,27)/t15-,17+/m0/s1. The minimum absolute atomic E-state index is 0.00579. The first-order chi connectivity index (χ1) is 13.9. The van der Waals surface area contributed by atoms with Gasteiger partial charge in [0.05, 0.1) is 18.8 Å². The van der Waals surface area contributed by atoms with Gasteiger partial charge >= 0.3 is 6.09 Å². The first-order valence-electron chi connectivity index (χ1n) is 8.77. The molecule has 2 aromatic rings. The third-order valence-corrected chi connectivity index (χ3v) is 5.53. The van der Waals surface area contributed by atoms with Crippen LogP contribution in [0.3, 0.4) is 0 Å². The van der Waals surface area contributed by atoms with Gasteiger partial charge in [-0.1, -0.05) is 30.3 Å². The van der Waals surface area contributed by atoms with Gasteiger partial charge < -0.3 is 5.11 Å². The number of sulfonamides is 1. The fraction of sp³-hybridized carbons (Fsp3) is 0.316. The molecule has 0 spiro atoms. The Labute approximate surface area is 170 Å². The van der Waals surface area contributed by atoms with E-state index < -0.39 is 58.7 Å². The molecule has 2 N–H and O–H groups in total. The number of hydrogen-bond acceptors (Lipinski definition) is 3. The maximum atomic E-state index is 15.1. The Bertz CT molecular complexity index is 1080. The van der Waals surface area contributed by atoms with Gasteiger partial charge in [0, 0.05) is 5.56 Å². The molecule has 1 heterocycles. The highest BCUT2D eigenvalue weighted by Gasteiger charge is 2.57.